The molecule has 1 saturated carbocycles. The minimum atomic E-state index is -0.695. The van der Waals surface area contributed by atoms with Gasteiger partial charge in [-0.3, -0.25) is 25.3 Å². The Morgan fingerprint density at radius 3 is 2.46 bits per heavy atom. The minimum Gasteiger partial charge on any atom is -0.444 e. The van der Waals surface area contributed by atoms with Crippen molar-refractivity contribution in [2.45, 2.75) is 82.7 Å². The quantitative estimate of drug-likeness (QED) is 0.505. The number of carbonyl (C=O) groups is 4. The van der Waals surface area contributed by atoms with E-state index in [0.717, 1.165) is 5.56 Å². The molecule has 2 heterocycles. The number of piperidine rings is 1. The van der Waals surface area contributed by atoms with Gasteiger partial charge in [-0.1, -0.05) is 30.3 Å². The van der Waals surface area contributed by atoms with Gasteiger partial charge in [0.25, 0.3) is 5.91 Å². The van der Waals surface area contributed by atoms with Crippen molar-refractivity contribution in [1.29, 1.82) is 0 Å². The number of hydrogen-bond acceptors (Lipinski definition) is 6. The van der Waals surface area contributed by atoms with Crippen molar-refractivity contribution in [2.75, 3.05) is 6.54 Å². The maximum Gasteiger partial charge on any atom is 0.408 e. The first-order valence-electron chi connectivity index (χ1n) is 11.9. The fourth-order valence-corrected chi connectivity index (χ4v) is 4.37. The lowest BCUT2D eigenvalue weighted by molar-refractivity contribution is -0.140. The van der Waals surface area contributed by atoms with Crippen LogP contribution in [-0.4, -0.2) is 63.7 Å². The van der Waals surface area contributed by atoms with Gasteiger partial charge in [0, 0.05) is 6.54 Å². The summed E-state index contributed by atoms with van der Waals surface area (Å²) >= 11 is 0. The standard InChI is InChI=1S/C24H33N5O6/c1-23(2,3)35-21(32)25-24(11-12-24)13-19(30)26-27-20(31)18-10-9-17-14-28(18)22(33)29(17)34-15-16-7-5-4-6-8-16/h4-8,17-18H,9-15H2,1-3H3,(H,25,32)(H,26,30)(H,27,31)/t17-,18+/m1/s1. The SMILES string of the molecule is CC(C)(C)OC(=O)NC1(CC(=O)NNC(=O)[C@@H]2CC[C@@H]3CN2C(=O)N3OCc2ccccc2)CC1. The van der Waals surface area contributed by atoms with Crippen LogP contribution in [0.3, 0.4) is 0 Å². The average molecular weight is 488 g/mol. The Kier molecular flexibility index (Phi) is 6.88. The monoisotopic (exact) mass is 487 g/mol. The molecule has 35 heavy (non-hydrogen) atoms. The van der Waals surface area contributed by atoms with E-state index in [2.05, 4.69) is 16.2 Å². The Balaban J connectivity index is 1.23. The number of nitrogens with zero attached hydrogens (tertiary/aromatic N) is 2. The molecule has 11 heteroatoms. The molecular formula is C24H33N5O6. The van der Waals surface area contributed by atoms with Gasteiger partial charge in [-0.2, -0.15) is 5.06 Å². The third-order valence-electron chi connectivity index (χ3n) is 6.28. The summed E-state index contributed by atoms with van der Waals surface area (Å²) < 4.78 is 5.26. The molecule has 2 atom stereocenters. The van der Waals surface area contributed by atoms with Crippen molar-refractivity contribution in [3.8, 4) is 0 Å². The van der Waals surface area contributed by atoms with Crippen LogP contribution in [0.5, 0.6) is 0 Å². The van der Waals surface area contributed by atoms with Gasteiger partial charge in [0.15, 0.2) is 0 Å². The number of fused-ring (bicyclic) bond motifs is 2. The van der Waals surface area contributed by atoms with E-state index in [1.54, 1.807) is 20.8 Å². The predicted octanol–water partition coefficient (Wildman–Crippen LogP) is 1.98. The number of carbonyl (C=O) groups excluding carboxylic acids is 4. The zero-order valence-corrected chi connectivity index (χ0v) is 20.3. The van der Waals surface area contributed by atoms with Crippen LogP contribution in [-0.2, 0) is 25.8 Å². The Bertz CT molecular complexity index is 974. The van der Waals surface area contributed by atoms with E-state index in [9.17, 15) is 19.2 Å². The predicted molar refractivity (Wildman–Crippen MR) is 124 cm³/mol. The van der Waals surface area contributed by atoms with Gasteiger partial charge in [0.05, 0.1) is 18.0 Å². The van der Waals surface area contributed by atoms with Gasteiger partial charge in [0.2, 0.25) is 5.91 Å². The molecule has 0 unspecified atom stereocenters. The first-order valence-corrected chi connectivity index (χ1v) is 11.9. The number of rotatable bonds is 7. The second-order valence-electron chi connectivity index (χ2n) is 10.4. The lowest BCUT2D eigenvalue weighted by Crippen LogP contribution is -2.55. The Labute approximate surface area is 204 Å². The summed E-state index contributed by atoms with van der Waals surface area (Å²) in [5.74, 6) is -0.888. The minimum absolute atomic E-state index is 0.0169. The number of nitrogens with one attached hydrogen (secondary N) is 3. The summed E-state index contributed by atoms with van der Waals surface area (Å²) in [7, 11) is 0. The van der Waals surface area contributed by atoms with E-state index in [1.807, 2.05) is 30.3 Å². The highest BCUT2D eigenvalue weighted by Gasteiger charge is 2.49. The number of amides is 5. The molecule has 3 aliphatic rings. The van der Waals surface area contributed by atoms with E-state index < -0.39 is 35.1 Å². The molecule has 0 radical (unpaired) electrons. The zero-order valence-electron chi connectivity index (χ0n) is 20.3. The number of urea groups is 1. The maximum absolute atomic E-state index is 12.9. The summed E-state index contributed by atoms with van der Waals surface area (Å²) in [6.07, 6.45) is 1.83. The summed E-state index contributed by atoms with van der Waals surface area (Å²) in [4.78, 5) is 57.3. The summed E-state index contributed by atoms with van der Waals surface area (Å²) in [6.45, 7) is 5.95. The molecule has 5 amide bonds. The molecule has 11 nitrogen and oxygen atoms in total. The molecule has 0 spiro atoms. The molecule has 2 aliphatic heterocycles. The molecule has 0 aromatic heterocycles. The number of hydrazine groups is 1. The van der Waals surface area contributed by atoms with Crippen LogP contribution in [0.15, 0.2) is 30.3 Å². The zero-order chi connectivity index (χ0) is 25.2. The highest BCUT2D eigenvalue weighted by atomic mass is 16.7. The molecule has 2 saturated heterocycles. The number of hydroxylamine groups is 2. The molecule has 190 valence electrons. The molecule has 3 fully saturated rings. The van der Waals surface area contributed by atoms with E-state index >= 15 is 0 Å². The van der Waals surface area contributed by atoms with Crippen molar-refractivity contribution in [3.63, 3.8) is 0 Å². The summed E-state index contributed by atoms with van der Waals surface area (Å²) in [5, 5.41) is 4.11. The first-order chi connectivity index (χ1) is 16.6. The van der Waals surface area contributed by atoms with E-state index in [4.69, 9.17) is 9.57 Å². The third-order valence-corrected chi connectivity index (χ3v) is 6.28. The molecule has 2 bridgehead atoms. The Morgan fingerprint density at radius 2 is 1.80 bits per heavy atom. The molecule has 4 rings (SSSR count). The van der Waals surface area contributed by atoms with Crippen molar-refractivity contribution in [2.24, 2.45) is 0 Å². The highest BCUT2D eigenvalue weighted by molar-refractivity contribution is 5.90. The molecule has 3 N–H and O–H groups in total. The summed E-state index contributed by atoms with van der Waals surface area (Å²) in [6, 6.07) is 8.39. The van der Waals surface area contributed by atoms with Crippen LogP contribution in [0.4, 0.5) is 9.59 Å². The average Bonchev–Trinajstić information content (AvgIpc) is 3.49. The largest absolute Gasteiger partial charge is 0.444 e. The van der Waals surface area contributed by atoms with Crippen LogP contribution in [0.2, 0.25) is 0 Å². The fraction of sp³-hybridized carbons (Fsp3) is 0.583. The Morgan fingerprint density at radius 1 is 1.09 bits per heavy atom. The molecule has 1 aliphatic carbocycles. The number of alkyl carbamates (subject to hydrolysis) is 1. The smallest absolute Gasteiger partial charge is 0.408 e. The van der Waals surface area contributed by atoms with Gasteiger partial charge in [-0.05, 0) is 52.0 Å². The number of ether oxygens (including phenoxy) is 1. The van der Waals surface area contributed by atoms with E-state index in [1.165, 1.54) is 9.96 Å². The topological polar surface area (TPSA) is 129 Å². The van der Waals surface area contributed by atoms with Crippen molar-refractivity contribution < 1.29 is 28.8 Å². The highest BCUT2D eigenvalue weighted by Crippen LogP contribution is 2.39. The van der Waals surface area contributed by atoms with Crippen LogP contribution < -0.4 is 16.2 Å². The van der Waals surface area contributed by atoms with Crippen LogP contribution in [0.1, 0.15) is 58.4 Å². The number of hydrogen-bond donors (Lipinski definition) is 3. The first kappa shape index (κ1) is 24.8. The maximum atomic E-state index is 12.9. The van der Waals surface area contributed by atoms with E-state index in [0.29, 0.717) is 32.2 Å². The fourth-order valence-electron chi connectivity index (χ4n) is 4.37. The van der Waals surface area contributed by atoms with Crippen LogP contribution in [0.25, 0.3) is 0 Å². The third kappa shape index (κ3) is 6.21. The molecular weight excluding hydrogens is 454 g/mol. The van der Waals surface area contributed by atoms with Crippen molar-refractivity contribution >= 4 is 23.9 Å². The van der Waals surface area contributed by atoms with Gasteiger partial charge >= 0.3 is 12.1 Å². The second-order valence-corrected chi connectivity index (χ2v) is 10.4. The lowest BCUT2D eigenvalue weighted by atomic mass is 10.0. The Hall–Kier alpha value is -3.34. The normalized spacial score (nSPS) is 22.4. The van der Waals surface area contributed by atoms with Crippen molar-refractivity contribution in [3.05, 3.63) is 35.9 Å². The van der Waals surface area contributed by atoms with Crippen molar-refractivity contribution in [1.82, 2.24) is 26.1 Å². The van der Waals surface area contributed by atoms with Crippen LogP contribution >= 0.6 is 0 Å². The van der Waals surface area contributed by atoms with Gasteiger partial charge in [-0.25, -0.2) is 9.59 Å². The van der Waals surface area contributed by atoms with Gasteiger partial charge in [0.1, 0.15) is 18.2 Å². The van der Waals surface area contributed by atoms with E-state index in [-0.39, 0.29) is 25.1 Å². The summed E-state index contributed by atoms with van der Waals surface area (Å²) in [5.41, 5.74) is 4.51. The van der Waals surface area contributed by atoms with Gasteiger partial charge in [-0.15, -0.1) is 0 Å². The molecule has 1 aromatic rings. The lowest BCUT2D eigenvalue weighted by Gasteiger charge is -2.29. The van der Waals surface area contributed by atoms with Gasteiger partial charge < -0.3 is 15.0 Å². The van der Waals surface area contributed by atoms with Crippen LogP contribution in [0, 0.1) is 0 Å². The second kappa shape index (κ2) is 9.73. The molecule has 1 aromatic carbocycles. The number of benzene rings is 1.